The summed E-state index contributed by atoms with van der Waals surface area (Å²) in [7, 11) is 6.92. The summed E-state index contributed by atoms with van der Waals surface area (Å²) in [5.74, 6) is 2.96. The molecule has 2 aromatic heterocycles. The first-order valence-electron chi connectivity index (χ1n) is 16.3. The summed E-state index contributed by atoms with van der Waals surface area (Å²) in [5.41, 5.74) is 5.97. The fourth-order valence-corrected chi connectivity index (χ4v) is 11.7. The summed E-state index contributed by atoms with van der Waals surface area (Å²) >= 11 is 0. The molecular formula is C39H44N2P2. The van der Waals surface area contributed by atoms with E-state index in [0.29, 0.717) is 5.41 Å². The van der Waals surface area contributed by atoms with Gasteiger partial charge < -0.3 is 0 Å². The van der Waals surface area contributed by atoms with E-state index in [0.717, 1.165) is 40.2 Å². The van der Waals surface area contributed by atoms with Crippen LogP contribution < -0.4 is 0 Å². The third-order valence-corrected chi connectivity index (χ3v) is 14.8. The number of allylic oxidation sites excluding steroid dienone is 4. The summed E-state index contributed by atoms with van der Waals surface area (Å²) in [6, 6.07) is 26.0. The van der Waals surface area contributed by atoms with Gasteiger partial charge in [-0.05, 0) is 96.9 Å². The highest BCUT2D eigenvalue weighted by atomic mass is 31.0. The fourth-order valence-electron chi connectivity index (χ4n) is 10.5. The molecule has 4 unspecified atom stereocenters. The average Bonchev–Trinajstić information content (AvgIpc) is 3.49. The Morgan fingerprint density at radius 2 is 1.16 bits per heavy atom. The van der Waals surface area contributed by atoms with Gasteiger partial charge in [-0.1, -0.05) is 87.5 Å². The molecule has 9 rings (SSSR count). The van der Waals surface area contributed by atoms with Crippen LogP contribution >= 0.6 is 18.5 Å². The van der Waals surface area contributed by atoms with Crippen LogP contribution in [0, 0.1) is 34.5 Å². The number of nitrogens with zero attached hydrogens (tertiary/aromatic N) is 2. The summed E-state index contributed by atoms with van der Waals surface area (Å²) in [4.78, 5) is 10.8. The van der Waals surface area contributed by atoms with Crippen LogP contribution in [-0.2, 0) is 5.16 Å². The highest BCUT2D eigenvalue weighted by Crippen LogP contribution is 2.72. The summed E-state index contributed by atoms with van der Waals surface area (Å²) < 4.78 is 0. The zero-order valence-corrected chi connectivity index (χ0v) is 28.1. The van der Waals surface area contributed by atoms with Gasteiger partial charge in [-0.25, -0.2) is 0 Å². The lowest BCUT2D eigenvalue weighted by atomic mass is 9.41. The summed E-state index contributed by atoms with van der Waals surface area (Å²) in [5, 5.41) is 1.77. The van der Waals surface area contributed by atoms with E-state index in [1.165, 1.54) is 54.9 Å². The van der Waals surface area contributed by atoms with E-state index in [1.54, 1.807) is 0 Å². The molecule has 2 nitrogen and oxygen atoms in total. The number of hydrogen-bond acceptors (Lipinski definition) is 2. The minimum absolute atomic E-state index is 0.00433. The van der Waals surface area contributed by atoms with Gasteiger partial charge in [0, 0.05) is 21.8 Å². The van der Waals surface area contributed by atoms with Crippen molar-refractivity contribution in [1.82, 2.24) is 9.97 Å². The molecule has 4 atom stereocenters. The van der Waals surface area contributed by atoms with Crippen molar-refractivity contribution >= 4 is 40.3 Å². The number of fused-ring (bicyclic) bond motifs is 2. The molecule has 0 aliphatic heterocycles. The number of hydrogen-bond donors (Lipinski definition) is 0. The predicted molar refractivity (Wildman–Crippen MR) is 187 cm³/mol. The second kappa shape index (κ2) is 9.80. The van der Waals surface area contributed by atoms with E-state index >= 15 is 0 Å². The molecular weight excluding hydrogens is 558 g/mol. The molecule has 0 N–H and O–H groups in total. The lowest BCUT2D eigenvalue weighted by Crippen LogP contribution is -2.63. The maximum atomic E-state index is 5.38. The van der Waals surface area contributed by atoms with Crippen LogP contribution in [-0.4, -0.2) is 15.1 Å². The smallest absolute Gasteiger partial charge is 0.0903 e. The number of benzene rings is 2. The number of para-hydroxylation sites is 2. The van der Waals surface area contributed by atoms with Crippen molar-refractivity contribution < 1.29 is 0 Å². The quantitative estimate of drug-likeness (QED) is 0.213. The normalized spacial score (nSPS) is 29.7. The van der Waals surface area contributed by atoms with Crippen LogP contribution in [0.3, 0.4) is 0 Å². The lowest BCUT2D eigenvalue weighted by Gasteiger charge is -2.68. The Labute approximate surface area is 261 Å². The molecule has 0 spiro atoms. The molecule has 4 heteroatoms. The molecule has 4 fully saturated rings. The Morgan fingerprint density at radius 1 is 0.674 bits per heavy atom. The van der Waals surface area contributed by atoms with Gasteiger partial charge in [0.1, 0.15) is 0 Å². The van der Waals surface area contributed by atoms with E-state index in [9.17, 15) is 0 Å². The van der Waals surface area contributed by atoms with Crippen molar-refractivity contribution in [3.63, 3.8) is 0 Å². The van der Waals surface area contributed by atoms with E-state index in [2.05, 4.69) is 130 Å². The van der Waals surface area contributed by atoms with Crippen molar-refractivity contribution in [2.45, 2.75) is 69.6 Å². The SMILES string of the molecule is CC(C)(C)C(P)(C1C=CC=C1C(P)(c1ccc2ccccc2n1)c1ccc2ccccc2n1)C12CC3CC(CC(C3)C1)C2. The first kappa shape index (κ1) is 28.1. The van der Waals surface area contributed by atoms with Gasteiger partial charge in [-0.3, -0.25) is 9.97 Å². The topological polar surface area (TPSA) is 25.8 Å². The number of aromatic nitrogens is 2. The molecule has 43 heavy (non-hydrogen) atoms. The highest BCUT2D eigenvalue weighted by molar-refractivity contribution is 7.20. The van der Waals surface area contributed by atoms with Crippen LogP contribution in [0.1, 0.15) is 70.7 Å². The maximum Gasteiger partial charge on any atom is 0.0903 e. The first-order chi connectivity index (χ1) is 20.6. The molecule has 2 aromatic carbocycles. The fraction of sp³-hybridized carbons (Fsp3) is 0.436. The third-order valence-electron chi connectivity index (χ3n) is 12.0. The van der Waals surface area contributed by atoms with E-state index in [1.807, 2.05) is 0 Å². The van der Waals surface area contributed by atoms with E-state index < -0.39 is 5.16 Å². The first-order valence-corrected chi connectivity index (χ1v) is 17.5. The van der Waals surface area contributed by atoms with Crippen molar-refractivity contribution in [1.29, 1.82) is 0 Å². The molecule has 4 saturated carbocycles. The minimum Gasteiger partial charge on any atom is -0.251 e. The monoisotopic (exact) mass is 602 g/mol. The Morgan fingerprint density at radius 3 is 1.65 bits per heavy atom. The Hall–Kier alpha value is -2.40. The van der Waals surface area contributed by atoms with Crippen molar-refractivity contribution in [2.75, 3.05) is 0 Å². The zero-order chi connectivity index (χ0) is 29.6. The molecule has 0 saturated heterocycles. The molecule has 5 aliphatic carbocycles. The van der Waals surface area contributed by atoms with Crippen molar-refractivity contribution in [3.8, 4) is 0 Å². The summed E-state index contributed by atoms with van der Waals surface area (Å²) in [6.45, 7) is 7.53. The molecule has 0 radical (unpaired) electrons. The van der Waals surface area contributed by atoms with Gasteiger partial charge in [0.2, 0.25) is 0 Å². The zero-order valence-electron chi connectivity index (χ0n) is 25.8. The van der Waals surface area contributed by atoms with Crippen LogP contribution in [0.25, 0.3) is 21.8 Å². The van der Waals surface area contributed by atoms with Crippen LogP contribution in [0.15, 0.2) is 96.6 Å². The largest absolute Gasteiger partial charge is 0.251 e. The van der Waals surface area contributed by atoms with Gasteiger partial charge in [0.05, 0.1) is 27.6 Å². The molecule has 2 heterocycles. The molecule has 5 aliphatic rings. The highest BCUT2D eigenvalue weighted by Gasteiger charge is 2.65. The predicted octanol–water partition coefficient (Wildman–Crippen LogP) is 9.89. The molecule has 4 aromatic rings. The van der Waals surface area contributed by atoms with Gasteiger partial charge >= 0.3 is 0 Å². The molecule has 0 amide bonds. The number of pyridine rings is 2. The minimum atomic E-state index is -0.572. The Balaban J connectivity index is 1.33. The van der Waals surface area contributed by atoms with E-state index in [4.69, 9.17) is 9.97 Å². The van der Waals surface area contributed by atoms with Crippen LogP contribution in [0.4, 0.5) is 0 Å². The third kappa shape index (κ3) is 4.12. The van der Waals surface area contributed by atoms with Crippen molar-refractivity contribution in [2.24, 2.45) is 34.5 Å². The maximum absolute atomic E-state index is 5.38. The summed E-state index contributed by atoms with van der Waals surface area (Å²) in [6.07, 6.45) is 15.8. The Kier molecular flexibility index (Phi) is 6.40. The molecule has 220 valence electrons. The van der Waals surface area contributed by atoms with Crippen molar-refractivity contribution in [3.05, 3.63) is 108 Å². The van der Waals surface area contributed by atoms with Gasteiger partial charge in [-0.2, -0.15) is 0 Å². The molecule has 4 bridgehead atoms. The van der Waals surface area contributed by atoms with Gasteiger partial charge in [0.15, 0.2) is 0 Å². The van der Waals surface area contributed by atoms with Crippen LogP contribution in [0.5, 0.6) is 0 Å². The lowest BCUT2D eigenvalue weighted by molar-refractivity contribution is -0.106. The standard InChI is InChI=1S/C39H44N2P2/c1-36(2,3)39(43,37-22-25-19-26(23-37)21-27(20-25)24-37)31-12-8-11-30(31)38(42,34-17-15-28-9-4-6-13-32(28)40-34)35-18-16-29-10-5-7-14-33(29)41-35/h4-18,25-27,31H,19-24,42-43H2,1-3H3. The van der Waals surface area contributed by atoms with Gasteiger partial charge in [0.25, 0.3) is 0 Å². The second-order valence-electron chi connectivity index (χ2n) is 15.4. The second-order valence-corrected chi connectivity index (χ2v) is 17.2. The Bertz CT molecular complexity index is 1680. The van der Waals surface area contributed by atoms with Gasteiger partial charge in [-0.15, -0.1) is 18.5 Å². The van der Waals surface area contributed by atoms with Crippen LogP contribution in [0.2, 0.25) is 0 Å². The number of rotatable bonds is 5. The van der Waals surface area contributed by atoms with E-state index in [-0.39, 0.29) is 16.5 Å². The average molecular weight is 603 g/mol.